The summed E-state index contributed by atoms with van der Waals surface area (Å²) < 4.78 is 0. The summed E-state index contributed by atoms with van der Waals surface area (Å²) >= 11 is 0. The Balaban J connectivity index is 0.000000325. The van der Waals surface area contributed by atoms with Crippen LogP contribution in [0.1, 0.15) is 19.4 Å². The summed E-state index contributed by atoms with van der Waals surface area (Å²) in [5.41, 5.74) is 6.25. The normalized spacial score (nSPS) is 10.9. The first kappa shape index (κ1) is 15.1. The van der Waals surface area contributed by atoms with Gasteiger partial charge in [0.25, 0.3) is 0 Å². The van der Waals surface area contributed by atoms with E-state index in [0.29, 0.717) is 0 Å². The molecule has 0 fully saturated rings. The van der Waals surface area contributed by atoms with Gasteiger partial charge in [0.15, 0.2) is 0 Å². The maximum absolute atomic E-state index is 8.28. The molecule has 1 aromatic carbocycles. The summed E-state index contributed by atoms with van der Waals surface area (Å²) in [6.07, 6.45) is 0. The molecule has 0 heterocycles. The fourth-order valence-electron chi connectivity index (χ4n) is 0.949. The molecular weight excluding hydrogens is 200 g/mol. The maximum Gasteiger partial charge on any atom is 0.0605 e. The number of benzene rings is 1. The van der Waals surface area contributed by atoms with Crippen LogP contribution in [0.25, 0.3) is 0 Å². The van der Waals surface area contributed by atoms with E-state index in [2.05, 4.69) is 43.3 Å². The molecule has 0 saturated heterocycles. The highest BCUT2D eigenvalue weighted by molar-refractivity contribution is 5.14. The zero-order chi connectivity index (χ0) is 12.6. The number of rotatable bonds is 3. The summed E-state index contributed by atoms with van der Waals surface area (Å²) in [5, 5.41) is 8.28. The second kappa shape index (κ2) is 7.39. The summed E-state index contributed by atoms with van der Waals surface area (Å²) in [7, 11) is 4.15. The SMILES string of the molecule is CC(C)(N)CO.CN(C)Cc1ccccc1. The molecule has 92 valence electrons. The van der Waals surface area contributed by atoms with Crippen LogP contribution in [0.2, 0.25) is 0 Å². The summed E-state index contributed by atoms with van der Waals surface area (Å²) in [4.78, 5) is 2.16. The van der Waals surface area contributed by atoms with Crippen LogP contribution in [0.5, 0.6) is 0 Å². The zero-order valence-corrected chi connectivity index (χ0v) is 10.8. The molecule has 3 heteroatoms. The van der Waals surface area contributed by atoms with Crippen molar-refractivity contribution in [1.82, 2.24) is 4.90 Å². The van der Waals surface area contributed by atoms with Gasteiger partial charge in [0.05, 0.1) is 6.61 Å². The van der Waals surface area contributed by atoms with Crippen LogP contribution in [0.15, 0.2) is 30.3 Å². The molecule has 0 atom stereocenters. The minimum Gasteiger partial charge on any atom is -0.394 e. The van der Waals surface area contributed by atoms with Crippen molar-refractivity contribution in [2.45, 2.75) is 25.9 Å². The number of aliphatic hydroxyl groups is 1. The fourth-order valence-corrected chi connectivity index (χ4v) is 0.949. The molecule has 0 bridgehead atoms. The lowest BCUT2D eigenvalue weighted by atomic mass is 10.1. The van der Waals surface area contributed by atoms with Crippen LogP contribution in [-0.4, -0.2) is 36.2 Å². The predicted molar refractivity (Wildman–Crippen MR) is 69.2 cm³/mol. The van der Waals surface area contributed by atoms with Gasteiger partial charge in [-0.05, 0) is 33.5 Å². The quantitative estimate of drug-likeness (QED) is 0.817. The summed E-state index contributed by atoms with van der Waals surface area (Å²) in [6, 6.07) is 10.5. The Kier molecular flexibility index (Phi) is 6.97. The van der Waals surface area contributed by atoms with Gasteiger partial charge in [0.2, 0.25) is 0 Å². The van der Waals surface area contributed by atoms with Gasteiger partial charge in [-0.15, -0.1) is 0 Å². The second-order valence-electron chi connectivity index (χ2n) is 4.87. The second-order valence-corrected chi connectivity index (χ2v) is 4.87. The molecule has 0 aromatic heterocycles. The van der Waals surface area contributed by atoms with Gasteiger partial charge in [-0.3, -0.25) is 0 Å². The molecule has 1 rings (SSSR count). The molecule has 0 aliphatic carbocycles. The predicted octanol–water partition coefficient (Wildman–Crippen LogP) is 1.46. The average Bonchev–Trinajstić information content (AvgIpc) is 2.18. The van der Waals surface area contributed by atoms with Gasteiger partial charge >= 0.3 is 0 Å². The average molecular weight is 224 g/mol. The third-order valence-corrected chi connectivity index (χ3v) is 1.75. The number of aliphatic hydroxyl groups excluding tert-OH is 1. The Bertz CT molecular complexity index is 265. The van der Waals surface area contributed by atoms with Crippen molar-refractivity contribution in [3.8, 4) is 0 Å². The maximum atomic E-state index is 8.28. The molecule has 3 nitrogen and oxygen atoms in total. The fraction of sp³-hybridized carbons (Fsp3) is 0.538. The third kappa shape index (κ3) is 9.65. The van der Waals surface area contributed by atoms with Crippen molar-refractivity contribution >= 4 is 0 Å². The first-order valence-electron chi connectivity index (χ1n) is 5.43. The molecule has 1 aromatic rings. The van der Waals surface area contributed by atoms with Crippen LogP contribution in [0.3, 0.4) is 0 Å². The van der Waals surface area contributed by atoms with Crippen molar-refractivity contribution in [2.75, 3.05) is 20.7 Å². The molecule has 0 amide bonds. The highest BCUT2D eigenvalue weighted by Crippen LogP contribution is 1.99. The number of hydrogen-bond acceptors (Lipinski definition) is 3. The van der Waals surface area contributed by atoms with E-state index >= 15 is 0 Å². The highest BCUT2D eigenvalue weighted by Gasteiger charge is 2.05. The summed E-state index contributed by atoms with van der Waals surface area (Å²) in [5.74, 6) is 0. The Morgan fingerprint density at radius 3 is 1.94 bits per heavy atom. The minimum atomic E-state index is -0.403. The van der Waals surface area contributed by atoms with Gasteiger partial charge in [0.1, 0.15) is 0 Å². The van der Waals surface area contributed by atoms with Gasteiger partial charge in [-0.1, -0.05) is 30.3 Å². The molecule has 0 unspecified atom stereocenters. The standard InChI is InChI=1S/C9H13N.C4H11NO/c1-10(2)8-9-6-4-3-5-7-9;1-4(2,5)3-6/h3-7H,8H2,1-2H3;6H,3,5H2,1-2H3. The molecular formula is C13H24N2O. The van der Waals surface area contributed by atoms with E-state index in [1.54, 1.807) is 13.8 Å². The topological polar surface area (TPSA) is 49.5 Å². The van der Waals surface area contributed by atoms with Crippen molar-refractivity contribution in [3.05, 3.63) is 35.9 Å². The van der Waals surface area contributed by atoms with Gasteiger partial charge < -0.3 is 15.7 Å². The van der Waals surface area contributed by atoms with Crippen molar-refractivity contribution < 1.29 is 5.11 Å². The molecule has 0 saturated carbocycles. The van der Waals surface area contributed by atoms with E-state index in [9.17, 15) is 0 Å². The summed E-state index contributed by atoms with van der Waals surface area (Å²) in [6.45, 7) is 4.62. The Morgan fingerprint density at radius 2 is 1.62 bits per heavy atom. The zero-order valence-electron chi connectivity index (χ0n) is 10.8. The lowest BCUT2D eigenvalue weighted by molar-refractivity contribution is 0.221. The number of nitrogens with two attached hydrogens (primary N) is 1. The van der Waals surface area contributed by atoms with Gasteiger partial charge in [-0.25, -0.2) is 0 Å². The van der Waals surface area contributed by atoms with Crippen molar-refractivity contribution in [1.29, 1.82) is 0 Å². The molecule has 0 aliphatic heterocycles. The lowest BCUT2D eigenvalue weighted by Gasteiger charge is -2.12. The van der Waals surface area contributed by atoms with E-state index in [-0.39, 0.29) is 6.61 Å². The third-order valence-electron chi connectivity index (χ3n) is 1.75. The van der Waals surface area contributed by atoms with Crippen molar-refractivity contribution in [2.24, 2.45) is 5.73 Å². The van der Waals surface area contributed by atoms with Crippen LogP contribution in [-0.2, 0) is 6.54 Å². The first-order chi connectivity index (χ1) is 7.35. The van der Waals surface area contributed by atoms with Crippen molar-refractivity contribution in [3.63, 3.8) is 0 Å². The van der Waals surface area contributed by atoms with Crippen LogP contribution >= 0.6 is 0 Å². The van der Waals surface area contributed by atoms with E-state index in [4.69, 9.17) is 10.8 Å². The lowest BCUT2D eigenvalue weighted by Crippen LogP contribution is -2.35. The van der Waals surface area contributed by atoms with E-state index in [1.165, 1.54) is 5.56 Å². The Morgan fingerprint density at radius 1 is 1.19 bits per heavy atom. The minimum absolute atomic E-state index is 0.0486. The molecule has 0 radical (unpaired) electrons. The largest absolute Gasteiger partial charge is 0.394 e. The smallest absolute Gasteiger partial charge is 0.0605 e. The monoisotopic (exact) mass is 224 g/mol. The van der Waals surface area contributed by atoms with E-state index in [1.807, 2.05) is 6.07 Å². The van der Waals surface area contributed by atoms with E-state index in [0.717, 1.165) is 6.54 Å². The van der Waals surface area contributed by atoms with Crippen LogP contribution in [0, 0.1) is 0 Å². The highest BCUT2D eigenvalue weighted by atomic mass is 16.3. The number of hydrogen-bond donors (Lipinski definition) is 2. The Labute approximate surface area is 98.9 Å². The van der Waals surface area contributed by atoms with Crippen LogP contribution in [0.4, 0.5) is 0 Å². The van der Waals surface area contributed by atoms with Gasteiger partial charge in [0, 0.05) is 12.1 Å². The van der Waals surface area contributed by atoms with E-state index < -0.39 is 5.54 Å². The molecule has 0 spiro atoms. The first-order valence-corrected chi connectivity index (χ1v) is 5.43. The Hall–Kier alpha value is -0.900. The number of nitrogens with zero attached hydrogens (tertiary/aromatic N) is 1. The molecule has 16 heavy (non-hydrogen) atoms. The molecule has 3 N–H and O–H groups in total. The van der Waals surface area contributed by atoms with Crippen LogP contribution < -0.4 is 5.73 Å². The van der Waals surface area contributed by atoms with Gasteiger partial charge in [-0.2, -0.15) is 0 Å². The molecule has 0 aliphatic rings.